The highest BCUT2D eigenvalue weighted by Gasteiger charge is 2.18. The van der Waals surface area contributed by atoms with Gasteiger partial charge in [-0.1, -0.05) is 25.7 Å². The molecule has 0 aromatic heterocycles. The highest BCUT2D eigenvalue weighted by atomic mass is 15.2. The van der Waals surface area contributed by atoms with E-state index in [2.05, 4.69) is 32.5 Å². The number of hydrogen-bond donors (Lipinski definition) is 2. The minimum absolute atomic E-state index is 0.801. The Kier molecular flexibility index (Phi) is 9.51. The molecule has 1 aliphatic carbocycles. The zero-order chi connectivity index (χ0) is 17.0. The lowest BCUT2D eigenvalue weighted by atomic mass is 10.2. The van der Waals surface area contributed by atoms with Crippen molar-refractivity contribution in [2.45, 2.75) is 63.8 Å². The highest BCUT2D eigenvalue weighted by Crippen LogP contribution is 2.21. The fourth-order valence-corrected chi connectivity index (χ4v) is 3.97. The first kappa shape index (κ1) is 19.5. The van der Waals surface area contributed by atoms with Crippen molar-refractivity contribution in [2.75, 3.05) is 53.4 Å². The molecule has 0 aromatic carbocycles. The molecule has 140 valence electrons. The SMILES string of the molecule is CN=C(NCCCN1CCCCCC1)NCCN(C)C1CCCC1. The second kappa shape index (κ2) is 11.7. The third-order valence-corrected chi connectivity index (χ3v) is 5.57. The van der Waals surface area contributed by atoms with Gasteiger partial charge in [-0.2, -0.15) is 0 Å². The van der Waals surface area contributed by atoms with Gasteiger partial charge in [0, 0.05) is 32.7 Å². The maximum Gasteiger partial charge on any atom is 0.191 e. The van der Waals surface area contributed by atoms with E-state index >= 15 is 0 Å². The van der Waals surface area contributed by atoms with Gasteiger partial charge in [0.2, 0.25) is 0 Å². The smallest absolute Gasteiger partial charge is 0.191 e. The molecular formula is C19H39N5. The largest absolute Gasteiger partial charge is 0.356 e. The Morgan fingerprint density at radius 2 is 1.67 bits per heavy atom. The van der Waals surface area contributed by atoms with Crippen LogP contribution in [-0.4, -0.2) is 75.2 Å². The molecule has 1 saturated carbocycles. The van der Waals surface area contributed by atoms with Crippen molar-refractivity contribution in [1.29, 1.82) is 0 Å². The predicted octanol–water partition coefficient (Wildman–Crippen LogP) is 2.29. The van der Waals surface area contributed by atoms with Crippen molar-refractivity contribution in [2.24, 2.45) is 4.99 Å². The summed E-state index contributed by atoms with van der Waals surface area (Å²) in [6, 6.07) is 0.801. The first-order valence-corrected chi connectivity index (χ1v) is 10.2. The lowest BCUT2D eigenvalue weighted by Gasteiger charge is -2.24. The van der Waals surface area contributed by atoms with E-state index in [0.717, 1.165) is 31.6 Å². The minimum Gasteiger partial charge on any atom is -0.356 e. The van der Waals surface area contributed by atoms with Gasteiger partial charge in [0.15, 0.2) is 5.96 Å². The molecule has 0 amide bonds. The summed E-state index contributed by atoms with van der Waals surface area (Å²) in [5.74, 6) is 0.950. The van der Waals surface area contributed by atoms with Gasteiger partial charge >= 0.3 is 0 Å². The van der Waals surface area contributed by atoms with Crippen molar-refractivity contribution < 1.29 is 0 Å². The number of likely N-dealkylation sites (N-methyl/N-ethyl adjacent to an activating group) is 1. The van der Waals surface area contributed by atoms with Gasteiger partial charge in [-0.15, -0.1) is 0 Å². The summed E-state index contributed by atoms with van der Waals surface area (Å²) in [7, 11) is 4.12. The van der Waals surface area contributed by atoms with E-state index in [9.17, 15) is 0 Å². The molecule has 0 radical (unpaired) electrons. The third-order valence-electron chi connectivity index (χ3n) is 5.57. The summed E-state index contributed by atoms with van der Waals surface area (Å²) < 4.78 is 0. The fourth-order valence-electron chi connectivity index (χ4n) is 3.97. The van der Waals surface area contributed by atoms with E-state index in [1.807, 2.05) is 7.05 Å². The molecule has 24 heavy (non-hydrogen) atoms. The number of hydrogen-bond acceptors (Lipinski definition) is 3. The summed E-state index contributed by atoms with van der Waals surface area (Å²) in [4.78, 5) is 9.48. The van der Waals surface area contributed by atoms with Crippen molar-refractivity contribution in [3.8, 4) is 0 Å². The molecule has 5 heteroatoms. The normalized spacial score (nSPS) is 21.2. The number of rotatable bonds is 8. The Balaban J connectivity index is 1.51. The third kappa shape index (κ3) is 7.39. The van der Waals surface area contributed by atoms with Crippen LogP contribution in [0.25, 0.3) is 0 Å². The van der Waals surface area contributed by atoms with Gasteiger partial charge in [-0.25, -0.2) is 0 Å². The molecule has 0 atom stereocenters. The topological polar surface area (TPSA) is 42.9 Å². The second-order valence-electron chi connectivity index (χ2n) is 7.45. The fraction of sp³-hybridized carbons (Fsp3) is 0.947. The molecule has 0 spiro atoms. The first-order valence-electron chi connectivity index (χ1n) is 10.2. The van der Waals surface area contributed by atoms with Gasteiger partial charge in [-0.3, -0.25) is 4.99 Å². The van der Waals surface area contributed by atoms with Crippen molar-refractivity contribution >= 4 is 5.96 Å². The number of likely N-dealkylation sites (tertiary alicyclic amines) is 1. The Morgan fingerprint density at radius 3 is 2.33 bits per heavy atom. The lowest BCUT2D eigenvalue weighted by Crippen LogP contribution is -2.43. The molecule has 2 aliphatic rings. The summed E-state index contributed by atoms with van der Waals surface area (Å²) in [5, 5.41) is 6.92. The van der Waals surface area contributed by atoms with E-state index in [-0.39, 0.29) is 0 Å². The van der Waals surface area contributed by atoms with Crippen LogP contribution in [0.5, 0.6) is 0 Å². The van der Waals surface area contributed by atoms with Crippen LogP contribution in [0.3, 0.4) is 0 Å². The van der Waals surface area contributed by atoms with Gasteiger partial charge in [-0.05, 0) is 58.8 Å². The second-order valence-corrected chi connectivity index (χ2v) is 7.45. The molecule has 1 saturated heterocycles. The van der Waals surface area contributed by atoms with Crippen LogP contribution in [0.4, 0.5) is 0 Å². The van der Waals surface area contributed by atoms with Gasteiger partial charge < -0.3 is 20.4 Å². The molecule has 2 N–H and O–H groups in total. The molecule has 0 unspecified atom stereocenters. The average molecular weight is 338 g/mol. The van der Waals surface area contributed by atoms with E-state index in [4.69, 9.17) is 0 Å². The van der Waals surface area contributed by atoms with Gasteiger partial charge in [0.1, 0.15) is 0 Å². The number of nitrogens with zero attached hydrogens (tertiary/aromatic N) is 3. The standard InChI is InChI=1S/C19H39N5/c1-20-19(22-13-17-23(2)18-10-5-6-11-18)21-12-9-16-24-14-7-3-4-8-15-24/h18H,3-17H2,1-2H3,(H2,20,21,22). The van der Waals surface area contributed by atoms with Crippen LogP contribution in [0.2, 0.25) is 0 Å². The van der Waals surface area contributed by atoms with Crippen molar-refractivity contribution in [3.63, 3.8) is 0 Å². The molecule has 1 heterocycles. The summed E-state index contributed by atoms with van der Waals surface area (Å²) in [6.45, 7) is 6.88. The zero-order valence-electron chi connectivity index (χ0n) is 16.0. The monoisotopic (exact) mass is 337 g/mol. The van der Waals surface area contributed by atoms with Crippen LogP contribution < -0.4 is 10.6 Å². The molecule has 0 aromatic rings. The summed E-state index contributed by atoms with van der Waals surface area (Å²) in [6.07, 6.45) is 12.4. The lowest BCUT2D eigenvalue weighted by molar-refractivity contribution is 0.249. The van der Waals surface area contributed by atoms with E-state index < -0.39 is 0 Å². The Morgan fingerprint density at radius 1 is 1.00 bits per heavy atom. The average Bonchev–Trinajstić information content (AvgIpc) is 3.02. The van der Waals surface area contributed by atoms with E-state index in [1.54, 1.807) is 0 Å². The molecule has 2 fully saturated rings. The summed E-state index contributed by atoms with van der Waals surface area (Å²) in [5.41, 5.74) is 0. The maximum atomic E-state index is 4.34. The molecule has 5 nitrogen and oxygen atoms in total. The van der Waals surface area contributed by atoms with Crippen molar-refractivity contribution in [1.82, 2.24) is 20.4 Å². The van der Waals surface area contributed by atoms with Crippen LogP contribution >= 0.6 is 0 Å². The molecule has 0 bridgehead atoms. The van der Waals surface area contributed by atoms with Crippen molar-refractivity contribution in [3.05, 3.63) is 0 Å². The Hall–Kier alpha value is -0.810. The van der Waals surface area contributed by atoms with Gasteiger partial charge in [0.25, 0.3) is 0 Å². The van der Waals surface area contributed by atoms with Gasteiger partial charge in [0.05, 0.1) is 0 Å². The first-order chi connectivity index (χ1) is 11.8. The molecular weight excluding hydrogens is 298 g/mol. The van der Waals surface area contributed by atoms with E-state index in [0.29, 0.717) is 0 Å². The Bertz CT molecular complexity index is 344. The number of aliphatic imine (C=N–C) groups is 1. The Labute approximate surface area is 149 Å². The highest BCUT2D eigenvalue weighted by molar-refractivity contribution is 5.79. The summed E-state index contributed by atoms with van der Waals surface area (Å²) >= 11 is 0. The minimum atomic E-state index is 0.801. The number of guanidine groups is 1. The predicted molar refractivity (Wildman–Crippen MR) is 104 cm³/mol. The van der Waals surface area contributed by atoms with Crippen LogP contribution in [0, 0.1) is 0 Å². The zero-order valence-corrected chi connectivity index (χ0v) is 16.0. The molecule has 1 aliphatic heterocycles. The quantitative estimate of drug-likeness (QED) is 0.405. The van der Waals surface area contributed by atoms with Crippen LogP contribution in [0.1, 0.15) is 57.8 Å². The van der Waals surface area contributed by atoms with Crippen LogP contribution in [0.15, 0.2) is 4.99 Å². The number of nitrogens with one attached hydrogen (secondary N) is 2. The maximum absolute atomic E-state index is 4.34. The van der Waals surface area contributed by atoms with E-state index in [1.165, 1.54) is 77.4 Å². The molecule has 2 rings (SSSR count). The van der Waals surface area contributed by atoms with Crippen LogP contribution in [-0.2, 0) is 0 Å².